The number of hydrogen-bond acceptors (Lipinski definition) is 9. The highest BCUT2D eigenvalue weighted by Crippen LogP contribution is 2.33. The Labute approximate surface area is 235 Å². The summed E-state index contributed by atoms with van der Waals surface area (Å²) in [5.74, 6) is 0.567. The molecule has 0 bridgehead atoms. The summed E-state index contributed by atoms with van der Waals surface area (Å²) in [6, 6.07) is 17.7. The lowest BCUT2D eigenvalue weighted by atomic mass is 10.2. The topological polar surface area (TPSA) is 120 Å². The van der Waals surface area contributed by atoms with E-state index < -0.39 is 22.5 Å². The normalized spacial score (nSPS) is 11.1. The Bertz CT molecular complexity index is 1540. The van der Waals surface area contributed by atoms with Crippen LogP contribution in [0.1, 0.15) is 6.92 Å². The van der Waals surface area contributed by atoms with E-state index in [-0.39, 0.29) is 21.5 Å². The number of carbonyl (C=O) groups excluding carboxylic acids is 1. The average molecular weight is 589 g/mol. The van der Waals surface area contributed by atoms with Crippen LogP contribution < -0.4 is 23.8 Å². The average Bonchev–Trinajstić information content (AvgIpc) is 3.40. The first-order chi connectivity index (χ1) is 18.7. The number of rotatable bonds is 11. The molecule has 0 radical (unpaired) electrons. The molecule has 0 saturated carbocycles. The molecule has 204 valence electrons. The van der Waals surface area contributed by atoms with Crippen molar-refractivity contribution in [3.8, 4) is 27.8 Å². The fourth-order valence-corrected chi connectivity index (χ4v) is 5.89. The molecule has 0 aliphatic rings. The van der Waals surface area contributed by atoms with Gasteiger partial charge in [-0.05, 0) is 55.5 Å². The zero-order valence-corrected chi connectivity index (χ0v) is 23.6. The number of halogens is 1. The van der Waals surface area contributed by atoms with Gasteiger partial charge in [-0.15, -0.1) is 10.2 Å². The second kappa shape index (κ2) is 12.3. The Morgan fingerprint density at radius 2 is 1.67 bits per heavy atom. The first-order valence-corrected chi connectivity index (χ1v) is 14.3. The quantitative estimate of drug-likeness (QED) is 0.257. The molecule has 13 heteroatoms. The van der Waals surface area contributed by atoms with E-state index in [9.17, 15) is 13.2 Å². The second-order valence-corrected chi connectivity index (χ2v) is 11.2. The van der Waals surface area contributed by atoms with Gasteiger partial charge in [0.2, 0.25) is 11.0 Å². The van der Waals surface area contributed by atoms with Gasteiger partial charge in [0.05, 0.1) is 31.4 Å². The first-order valence-electron chi connectivity index (χ1n) is 11.6. The third-order valence-corrected chi connectivity index (χ3v) is 8.34. The van der Waals surface area contributed by atoms with Crippen LogP contribution in [0.15, 0.2) is 71.6 Å². The maximum Gasteiger partial charge on any atom is 0.264 e. The van der Waals surface area contributed by atoms with Crippen LogP contribution in [0.25, 0.3) is 10.6 Å². The lowest BCUT2D eigenvalue weighted by molar-refractivity contribution is -0.114. The van der Waals surface area contributed by atoms with E-state index in [1.807, 2.05) is 6.92 Å². The summed E-state index contributed by atoms with van der Waals surface area (Å²) in [6.07, 6.45) is 0. The molecule has 0 atom stereocenters. The van der Waals surface area contributed by atoms with E-state index in [1.165, 1.54) is 32.4 Å². The molecule has 1 aromatic heterocycles. The van der Waals surface area contributed by atoms with Crippen LogP contribution in [0, 0.1) is 0 Å². The van der Waals surface area contributed by atoms with Crippen LogP contribution >= 0.6 is 22.9 Å². The molecule has 0 saturated heterocycles. The molecule has 0 aliphatic carbocycles. The fourth-order valence-electron chi connectivity index (χ4n) is 3.57. The van der Waals surface area contributed by atoms with Gasteiger partial charge in [-0.1, -0.05) is 35.1 Å². The number of amides is 1. The molecule has 1 N–H and O–H groups in total. The number of ether oxygens (including phenoxy) is 3. The molecular weight excluding hydrogens is 564 g/mol. The van der Waals surface area contributed by atoms with Crippen molar-refractivity contribution in [1.29, 1.82) is 0 Å². The molecule has 10 nitrogen and oxygen atoms in total. The molecule has 0 aliphatic heterocycles. The molecule has 0 spiro atoms. The number of hydrogen-bond donors (Lipinski definition) is 1. The summed E-state index contributed by atoms with van der Waals surface area (Å²) in [4.78, 5) is 13.0. The molecule has 4 aromatic rings. The van der Waals surface area contributed by atoms with Crippen LogP contribution in [-0.2, 0) is 14.8 Å². The fraction of sp³-hybridized carbons (Fsp3) is 0.192. The van der Waals surface area contributed by atoms with Crippen LogP contribution in [0.5, 0.6) is 17.2 Å². The third kappa shape index (κ3) is 6.59. The summed E-state index contributed by atoms with van der Waals surface area (Å²) in [7, 11) is -1.35. The van der Waals surface area contributed by atoms with Gasteiger partial charge in [0, 0.05) is 16.7 Å². The molecule has 3 aromatic carbocycles. The van der Waals surface area contributed by atoms with Crippen LogP contribution in [-0.4, -0.2) is 51.9 Å². The van der Waals surface area contributed by atoms with Crippen LogP contribution in [0.2, 0.25) is 5.02 Å². The summed E-state index contributed by atoms with van der Waals surface area (Å²) in [6.45, 7) is 1.77. The van der Waals surface area contributed by atoms with Crippen molar-refractivity contribution in [3.05, 3.63) is 71.8 Å². The maximum absolute atomic E-state index is 13.8. The lowest BCUT2D eigenvalue weighted by Crippen LogP contribution is -2.38. The number of sulfonamides is 1. The first kappa shape index (κ1) is 28.1. The second-order valence-electron chi connectivity index (χ2n) is 7.92. The van der Waals surface area contributed by atoms with Crippen molar-refractivity contribution in [2.24, 2.45) is 0 Å². The highest BCUT2D eigenvalue weighted by atomic mass is 35.5. The number of benzene rings is 3. The van der Waals surface area contributed by atoms with Crippen molar-refractivity contribution in [2.45, 2.75) is 11.8 Å². The minimum absolute atomic E-state index is 0.0808. The van der Waals surface area contributed by atoms with Crippen molar-refractivity contribution in [1.82, 2.24) is 10.2 Å². The SMILES string of the molecule is CCOc1ccc(N(CC(=O)Nc2nnc(-c3ccc(Cl)cc3)s2)S(=O)(=O)c2ccc(OC)c(OC)c2)cc1. The minimum atomic E-state index is -4.22. The van der Waals surface area contributed by atoms with Gasteiger partial charge in [-0.3, -0.25) is 14.4 Å². The van der Waals surface area contributed by atoms with Gasteiger partial charge in [-0.2, -0.15) is 0 Å². The van der Waals surface area contributed by atoms with E-state index >= 15 is 0 Å². The van der Waals surface area contributed by atoms with Gasteiger partial charge < -0.3 is 14.2 Å². The van der Waals surface area contributed by atoms with Crippen molar-refractivity contribution in [2.75, 3.05) is 37.0 Å². The number of aromatic nitrogens is 2. The number of nitrogens with zero attached hydrogens (tertiary/aromatic N) is 3. The van der Waals surface area contributed by atoms with Crippen molar-refractivity contribution >= 4 is 49.7 Å². The van der Waals surface area contributed by atoms with Gasteiger partial charge in [0.15, 0.2) is 11.5 Å². The number of nitrogens with one attached hydrogen (secondary N) is 1. The molecule has 1 heterocycles. The van der Waals surface area contributed by atoms with E-state index in [0.29, 0.717) is 28.1 Å². The Morgan fingerprint density at radius 1 is 0.974 bits per heavy atom. The summed E-state index contributed by atoms with van der Waals surface area (Å²) < 4.78 is 44.6. The predicted molar refractivity (Wildman–Crippen MR) is 151 cm³/mol. The molecule has 0 fully saturated rings. The van der Waals surface area contributed by atoms with Crippen LogP contribution in [0.4, 0.5) is 10.8 Å². The molecule has 4 rings (SSSR count). The van der Waals surface area contributed by atoms with Gasteiger partial charge in [0.25, 0.3) is 10.0 Å². The lowest BCUT2D eigenvalue weighted by Gasteiger charge is -2.24. The Kier molecular flexibility index (Phi) is 8.90. The van der Waals surface area contributed by atoms with E-state index in [0.717, 1.165) is 21.2 Å². The number of carbonyl (C=O) groups is 1. The third-order valence-electron chi connectivity index (χ3n) is 5.43. The highest BCUT2D eigenvalue weighted by molar-refractivity contribution is 7.92. The molecule has 39 heavy (non-hydrogen) atoms. The Hall–Kier alpha value is -3.87. The zero-order chi connectivity index (χ0) is 28.0. The van der Waals surface area contributed by atoms with Crippen molar-refractivity contribution < 1.29 is 27.4 Å². The molecular formula is C26H25ClN4O6S2. The summed E-state index contributed by atoms with van der Waals surface area (Å²) in [5.41, 5.74) is 1.05. The summed E-state index contributed by atoms with van der Waals surface area (Å²) >= 11 is 7.10. The van der Waals surface area contributed by atoms with E-state index in [4.69, 9.17) is 25.8 Å². The zero-order valence-electron chi connectivity index (χ0n) is 21.3. The molecule has 1 amide bonds. The van der Waals surface area contributed by atoms with E-state index in [2.05, 4.69) is 15.5 Å². The predicted octanol–water partition coefficient (Wildman–Crippen LogP) is 5.11. The Morgan fingerprint density at radius 3 is 2.31 bits per heavy atom. The highest BCUT2D eigenvalue weighted by Gasteiger charge is 2.29. The summed E-state index contributed by atoms with van der Waals surface area (Å²) in [5, 5.41) is 12.1. The van der Waals surface area contributed by atoms with E-state index in [1.54, 1.807) is 48.5 Å². The van der Waals surface area contributed by atoms with Crippen molar-refractivity contribution in [3.63, 3.8) is 0 Å². The number of methoxy groups -OCH3 is 2. The smallest absolute Gasteiger partial charge is 0.264 e. The number of anilines is 2. The maximum atomic E-state index is 13.8. The molecule has 0 unspecified atom stereocenters. The largest absolute Gasteiger partial charge is 0.494 e. The van der Waals surface area contributed by atoms with Crippen LogP contribution in [0.3, 0.4) is 0 Å². The monoisotopic (exact) mass is 588 g/mol. The van der Waals surface area contributed by atoms with Gasteiger partial charge >= 0.3 is 0 Å². The standard InChI is InChI=1S/C26H25ClN4O6S2/c1-4-37-20-11-9-19(10-12-20)31(39(33,34)21-13-14-22(35-2)23(15-21)36-3)16-24(32)28-26-30-29-25(38-26)17-5-7-18(27)8-6-17/h5-15H,4,16H2,1-3H3,(H,28,30,32). The Balaban J connectivity index is 1.62. The van der Waals surface area contributed by atoms with Gasteiger partial charge in [0.1, 0.15) is 17.3 Å². The van der Waals surface area contributed by atoms with Gasteiger partial charge in [-0.25, -0.2) is 8.42 Å². The minimum Gasteiger partial charge on any atom is -0.494 e.